The van der Waals surface area contributed by atoms with Crippen LogP contribution in [-0.4, -0.2) is 39.6 Å². The molecule has 2 N–H and O–H groups in total. The van der Waals surface area contributed by atoms with Gasteiger partial charge in [-0.1, -0.05) is 6.07 Å². The van der Waals surface area contributed by atoms with Crippen LogP contribution in [0.2, 0.25) is 0 Å². The van der Waals surface area contributed by atoms with Crippen LogP contribution in [0.25, 0.3) is 0 Å². The Hall–Kier alpha value is -1.44. The van der Waals surface area contributed by atoms with Gasteiger partial charge in [-0.05, 0) is 43.9 Å². The molecule has 0 spiro atoms. The second-order valence-electron chi connectivity index (χ2n) is 5.85. The SMILES string of the molecule is C[C@H]1C[C@@H](NS(=O)(=O)c2ccc3c(c2)C(=O)NCC3)CCO1. The average molecular weight is 324 g/mol. The van der Waals surface area contributed by atoms with Crippen molar-refractivity contribution >= 4 is 15.9 Å². The molecule has 3 rings (SSSR count). The predicted octanol–water partition coefficient (Wildman–Crippen LogP) is 0.818. The van der Waals surface area contributed by atoms with Crippen molar-refractivity contribution in [2.24, 2.45) is 0 Å². The second-order valence-corrected chi connectivity index (χ2v) is 7.56. The van der Waals surface area contributed by atoms with Crippen LogP contribution in [0.15, 0.2) is 23.1 Å². The highest BCUT2D eigenvalue weighted by Gasteiger charge is 2.26. The Morgan fingerprint density at radius 2 is 2.18 bits per heavy atom. The van der Waals surface area contributed by atoms with Crippen LogP contribution >= 0.6 is 0 Å². The molecule has 7 heteroatoms. The highest BCUT2D eigenvalue weighted by molar-refractivity contribution is 7.89. The molecule has 1 aromatic rings. The summed E-state index contributed by atoms with van der Waals surface area (Å²) in [5.74, 6) is -0.210. The van der Waals surface area contributed by atoms with Gasteiger partial charge in [-0.25, -0.2) is 13.1 Å². The molecule has 2 aliphatic heterocycles. The van der Waals surface area contributed by atoms with Gasteiger partial charge >= 0.3 is 0 Å². The van der Waals surface area contributed by atoms with Gasteiger partial charge in [0.1, 0.15) is 0 Å². The van der Waals surface area contributed by atoms with Crippen molar-refractivity contribution in [1.29, 1.82) is 0 Å². The minimum absolute atomic E-state index is 0.0516. The number of carbonyl (C=O) groups excluding carboxylic acids is 1. The van der Waals surface area contributed by atoms with E-state index in [9.17, 15) is 13.2 Å². The molecule has 22 heavy (non-hydrogen) atoms. The molecule has 0 aliphatic carbocycles. The van der Waals surface area contributed by atoms with Crippen molar-refractivity contribution in [2.45, 2.75) is 43.2 Å². The van der Waals surface area contributed by atoms with E-state index in [1.54, 1.807) is 12.1 Å². The Balaban J connectivity index is 1.83. The van der Waals surface area contributed by atoms with Gasteiger partial charge in [0.05, 0.1) is 11.0 Å². The van der Waals surface area contributed by atoms with E-state index in [0.29, 0.717) is 31.6 Å². The average Bonchev–Trinajstić information content (AvgIpc) is 2.47. The Bertz CT molecular complexity index is 687. The molecular weight excluding hydrogens is 304 g/mol. The minimum Gasteiger partial charge on any atom is -0.378 e. The van der Waals surface area contributed by atoms with Crippen molar-refractivity contribution in [3.63, 3.8) is 0 Å². The fourth-order valence-corrected chi connectivity index (χ4v) is 4.26. The lowest BCUT2D eigenvalue weighted by Gasteiger charge is -2.27. The number of nitrogens with one attached hydrogen (secondary N) is 2. The van der Waals surface area contributed by atoms with Crippen molar-refractivity contribution < 1.29 is 17.9 Å². The summed E-state index contributed by atoms with van der Waals surface area (Å²) in [6.45, 7) is 3.08. The topological polar surface area (TPSA) is 84.5 Å². The van der Waals surface area contributed by atoms with Crippen LogP contribution in [0.3, 0.4) is 0 Å². The van der Waals surface area contributed by atoms with Gasteiger partial charge in [0.15, 0.2) is 0 Å². The number of benzene rings is 1. The highest BCUT2D eigenvalue weighted by Crippen LogP contribution is 2.21. The van der Waals surface area contributed by atoms with Gasteiger partial charge in [-0.2, -0.15) is 0 Å². The van der Waals surface area contributed by atoms with Gasteiger partial charge in [-0.3, -0.25) is 4.79 Å². The first-order valence-corrected chi connectivity index (χ1v) is 8.99. The van der Waals surface area contributed by atoms with E-state index >= 15 is 0 Å². The molecule has 1 saturated heterocycles. The van der Waals surface area contributed by atoms with Gasteiger partial charge < -0.3 is 10.1 Å². The number of rotatable bonds is 3. The molecule has 0 bridgehead atoms. The third-order valence-electron chi connectivity index (χ3n) is 4.12. The smallest absolute Gasteiger partial charge is 0.251 e. The van der Waals surface area contributed by atoms with Crippen molar-refractivity contribution in [3.8, 4) is 0 Å². The van der Waals surface area contributed by atoms with Crippen molar-refractivity contribution in [2.75, 3.05) is 13.2 Å². The van der Waals surface area contributed by atoms with E-state index < -0.39 is 10.0 Å². The quantitative estimate of drug-likeness (QED) is 0.862. The lowest BCUT2D eigenvalue weighted by Crippen LogP contribution is -2.41. The van der Waals surface area contributed by atoms with Crippen LogP contribution in [0, 0.1) is 0 Å². The molecule has 2 atom stereocenters. The first kappa shape index (κ1) is 15.5. The van der Waals surface area contributed by atoms with Gasteiger partial charge in [0.25, 0.3) is 5.91 Å². The predicted molar refractivity (Wildman–Crippen MR) is 81.2 cm³/mol. The Morgan fingerprint density at radius 1 is 1.36 bits per heavy atom. The monoisotopic (exact) mass is 324 g/mol. The zero-order valence-electron chi connectivity index (χ0n) is 12.5. The summed E-state index contributed by atoms with van der Waals surface area (Å²) in [6.07, 6.45) is 2.10. The lowest BCUT2D eigenvalue weighted by molar-refractivity contribution is 0.0173. The van der Waals surface area contributed by atoms with E-state index in [1.165, 1.54) is 6.07 Å². The van der Waals surface area contributed by atoms with E-state index in [1.807, 2.05) is 6.92 Å². The first-order valence-electron chi connectivity index (χ1n) is 7.51. The number of carbonyl (C=O) groups is 1. The minimum atomic E-state index is -3.63. The van der Waals surface area contributed by atoms with E-state index in [2.05, 4.69) is 10.0 Å². The molecule has 1 amide bonds. The Labute approximate surface area is 130 Å². The third kappa shape index (κ3) is 3.16. The molecule has 0 unspecified atom stereocenters. The number of sulfonamides is 1. The number of hydrogen-bond donors (Lipinski definition) is 2. The molecule has 0 saturated carbocycles. The molecule has 1 fully saturated rings. The molecule has 0 aromatic heterocycles. The van der Waals surface area contributed by atoms with Gasteiger partial charge in [0.2, 0.25) is 10.0 Å². The fourth-order valence-electron chi connectivity index (χ4n) is 2.95. The number of fused-ring (bicyclic) bond motifs is 1. The summed E-state index contributed by atoms with van der Waals surface area (Å²) in [4.78, 5) is 12.0. The summed E-state index contributed by atoms with van der Waals surface area (Å²) in [5, 5.41) is 2.73. The van der Waals surface area contributed by atoms with Crippen LogP contribution in [-0.2, 0) is 21.2 Å². The molecular formula is C15H20N2O4S. The molecule has 2 aliphatic rings. The maximum absolute atomic E-state index is 12.5. The van der Waals surface area contributed by atoms with Crippen molar-refractivity contribution in [1.82, 2.24) is 10.0 Å². The zero-order chi connectivity index (χ0) is 15.7. The summed E-state index contributed by atoms with van der Waals surface area (Å²) in [7, 11) is -3.63. The lowest BCUT2D eigenvalue weighted by atomic mass is 10.0. The van der Waals surface area contributed by atoms with Crippen LogP contribution in [0.5, 0.6) is 0 Å². The maximum Gasteiger partial charge on any atom is 0.251 e. The van der Waals surface area contributed by atoms with E-state index in [-0.39, 0.29) is 22.9 Å². The van der Waals surface area contributed by atoms with Crippen molar-refractivity contribution in [3.05, 3.63) is 29.3 Å². The largest absolute Gasteiger partial charge is 0.378 e. The van der Waals surface area contributed by atoms with Gasteiger partial charge in [-0.15, -0.1) is 0 Å². The standard InChI is InChI=1S/C15H20N2O4S/c1-10-8-12(5-7-21-10)17-22(19,20)13-3-2-11-4-6-16-15(18)14(11)9-13/h2-3,9-10,12,17H,4-8H2,1H3,(H,16,18)/t10-,12-/m0/s1. The third-order valence-corrected chi connectivity index (χ3v) is 5.64. The summed E-state index contributed by atoms with van der Waals surface area (Å²) in [6, 6.07) is 4.64. The second kappa shape index (κ2) is 5.98. The van der Waals surface area contributed by atoms with Gasteiger partial charge in [0, 0.05) is 24.8 Å². The number of amides is 1. The van der Waals surface area contributed by atoms with Crippen LogP contribution < -0.4 is 10.0 Å². The van der Waals surface area contributed by atoms with E-state index in [0.717, 1.165) is 12.0 Å². The Morgan fingerprint density at radius 3 is 2.95 bits per heavy atom. The number of hydrogen-bond acceptors (Lipinski definition) is 4. The number of ether oxygens (including phenoxy) is 1. The molecule has 0 radical (unpaired) electrons. The zero-order valence-corrected chi connectivity index (χ0v) is 13.3. The molecule has 2 heterocycles. The molecule has 120 valence electrons. The first-order chi connectivity index (χ1) is 10.5. The highest BCUT2D eigenvalue weighted by atomic mass is 32.2. The van der Waals surface area contributed by atoms with Crippen LogP contribution in [0.4, 0.5) is 0 Å². The fraction of sp³-hybridized carbons (Fsp3) is 0.533. The summed E-state index contributed by atoms with van der Waals surface area (Å²) in [5.41, 5.74) is 1.34. The summed E-state index contributed by atoms with van der Waals surface area (Å²) < 4.78 is 33.2. The van der Waals surface area contributed by atoms with E-state index in [4.69, 9.17) is 4.74 Å². The Kier molecular flexibility index (Phi) is 4.20. The normalized spacial score (nSPS) is 25.4. The maximum atomic E-state index is 12.5. The molecule has 6 nitrogen and oxygen atoms in total. The molecule has 1 aromatic carbocycles. The summed E-state index contributed by atoms with van der Waals surface area (Å²) >= 11 is 0. The van der Waals surface area contributed by atoms with Crippen LogP contribution in [0.1, 0.15) is 35.7 Å².